The highest BCUT2D eigenvalue weighted by molar-refractivity contribution is 6.30. The van der Waals surface area contributed by atoms with Crippen molar-refractivity contribution in [1.82, 2.24) is 4.98 Å². The van der Waals surface area contributed by atoms with E-state index in [1.54, 1.807) is 54.6 Å². The van der Waals surface area contributed by atoms with Crippen LogP contribution in [-0.4, -0.2) is 15.8 Å². The van der Waals surface area contributed by atoms with Gasteiger partial charge in [-0.15, -0.1) is 0 Å². The number of carbonyl (C=O) groups excluding carboxylic acids is 1. The lowest BCUT2D eigenvalue weighted by atomic mass is 10.1. The first kappa shape index (κ1) is 18.6. The lowest BCUT2D eigenvalue weighted by molar-refractivity contribution is -0.385. The van der Waals surface area contributed by atoms with Crippen molar-refractivity contribution in [3.8, 4) is 11.5 Å². The fourth-order valence-electron chi connectivity index (χ4n) is 2.96. The third-order valence-corrected chi connectivity index (χ3v) is 4.52. The lowest BCUT2D eigenvalue weighted by Gasteiger charge is -2.05. The molecule has 0 saturated heterocycles. The molecule has 4 rings (SSSR count). The van der Waals surface area contributed by atoms with Crippen molar-refractivity contribution in [3.63, 3.8) is 0 Å². The number of nitrogens with one attached hydrogen (secondary N) is 1. The lowest BCUT2D eigenvalue weighted by Crippen LogP contribution is -2.15. The second-order valence-corrected chi connectivity index (χ2v) is 6.76. The second-order valence-electron chi connectivity index (χ2n) is 6.32. The van der Waals surface area contributed by atoms with Crippen molar-refractivity contribution in [2.24, 2.45) is 0 Å². The first-order chi connectivity index (χ1) is 14.0. The number of hydrogen-bond acceptors (Lipinski definition) is 5. The van der Waals surface area contributed by atoms with Gasteiger partial charge < -0.3 is 9.73 Å². The summed E-state index contributed by atoms with van der Waals surface area (Å²) in [6.07, 6.45) is -0.112. The number of amides is 1. The molecule has 0 fully saturated rings. The highest BCUT2D eigenvalue weighted by Crippen LogP contribution is 2.28. The van der Waals surface area contributed by atoms with Gasteiger partial charge in [-0.05, 0) is 30.3 Å². The number of hydrogen-bond donors (Lipinski definition) is 1. The molecular weight excluding hydrogens is 394 g/mol. The predicted molar refractivity (Wildman–Crippen MR) is 110 cm³/mol. The molecule has 0 aliphatic rings. The fraction of sp³-hybridized carbons (Fsp3) is 0.0476. The van der Waals surface area contributed by atoms with E-state index in [0.29, 0.717) is 33.3 Å². The van der Waals surface area contributed by atoms with Crippen molar-refractivity contribution >= 4 is 40.0 Å². The van der Waals surface area contributed by atoms with E-state index in [2.05, 4.69) is 10.3 Å². The van der Waals surface area contributed by atoms with Gasteiger partial charge in [-0.25, -0.2) is 4.98 Å². The summed E-state index contributed by atoms with van der Waals surface area (Å²) < 4.78 is 5.79. The van der Waals surface area contributed by atoms with Gasteiger partial charge >= 0.3 is 0 Å². The van der Waals surface area contributed by atoms with Gasteiger partial charge in [0.25, 0.3) is 5.69 Å². The molecule has 4 aromatic rings. The number of para-hydroxylation sites is 1. The van der Waals surface area contributed by atoms with Crippen LogP contribution < -0.4 is 5.32 Å². The third kappa shape index (κ3) is 4.09. The van der Waals surface area contributed by atoms with Crippen molar-refractivity contribution in [2.75, 3.05) is 5.32 Å². The molecule has 0 bridgehead atoms. The number of benzene rings is 3. The molecule has 29 heavy (non-hydrogen) atoms. The SMILES string of the molecule is O=C(Cc1ccccc1[N+](=O)[O-])Nc1ccc2nc(-c3cccc(Cl)c3)oc2c1. The minimum atomic E-state index is -0.499. The molecule has 0 aliphatic carbocycles. The van der Waals surface area contributed by atoms with Crippen LogP contribution in [0.1, 0.15) is 5.56 Å². The average molecular weight is 408 g/mol. The van der Waals surface area contributed by atoms with Gasteiger partial charge in [-0.2, -0.15) is 0 Å². The van der Waals surface area contributed by atoms with Crippen LogP contribution in [0.4, 0.5) is 11.4 Å². The Morgan fingerprint density at radius 3 is 2.72 bits per heavy atom. The Bertz CT molecular complexity index is 1240. The molecule has 7 nitrogen and oxygen atoms in total. The smallest absolute Gasteiger partial charge is 0.273 e. The molecule has 3 aromatic carbocycles. The van der Waals surface area contributed by atoms with Gasteiger partial charge in [0.2, 0.25) is 11.8 Å². The van der Waals surface area contributed by atoms with Crippen LogP contribution in [0.3, 0.4) is 0 Å². The second kappa shape index (κ2) is 7.73. The van der Waals surface area contributed by atoms with Crippen molar-refractivity contribution in [1.29, 1.82) is 0 Å². The molecule has 0 unspecified atom stereocenters. The normalized spacial score (nSPS) is 10.8. The molecule has 0 spiro atoms. The molecule has 0 atom stereocenters. The van der Waals surface area contributed by atoms with Gasteiger partial charge in [-0.1, -0.05) is 35.9 Å². The first-order valence-corrected chi connectivity index (χ1v) is 9.06. The number of nitro benzene ring substituents is 1. The number of rotatable bonds is 5. The summed E-state index contributed by atoms with van der Waals surface area (Å²) in [4.78, 5) is 27.4. The van der Waals surface area contributed by atoms with Crippen molar-refractivity contribution < 1.29 is 14.1 Å². The molecule has 144 valence electrons. The van der Waals surface area contributed by atoms with Crippen LogP contribution in [-0.2, 0) is 11.2 Å². The topological polar surface area (TPSA) is 98.3 Å². The molecule has 1 amide bonds. The van der Waals surface area contributed by atoms with Crippen LogP contribution in [0, 0.1) is 10.1 Å². The van der Waals surface area contributed by atoms with E-state index in [0.717, 1.165) is 5.56 Å². The largest absolute Gasteiger partial charge is 0.436 e. The van der Waals surface area contributed by atoms with E-state index in [1.807, 2.05) is 6.07 Å². The molecule has 1 heterocycles. The van der Waals surface area contributed by atoms with E-state index in [-0.39, 0.29) is 18.0 Å². The van der Waals surface area contributed by atoms with Crippen molar-refractivity contribution in [2.45, 2.75) is 6.42 Å². The molecular formula is C21H14ClN3O4. The highest BCUT2D eigenvalue weighted by atomic mass is 35.5. The standard InChI is InChI=1S/C21H14ClN3O4/c22-15-6-3-5-14(10-15)21-24-17-9-8-16(12-19(17)29-21)23-20(26)11-13-4-1-2-7-18(13)25(27)28/h1-10,12H,11H2,(H,23,26). The predicted octanol–water partition coefficient (Wildman–Crippen LogP) is 5.24. The quantitative estimate of drug-likeness (QED) is 0.360. The number of nitro groups is 1. The van der Waals surface area contributed by atoms with Gasteiger partial charge in [0.05, 0.1) is 11.3 Å². The van der Waals surface area contributed by atoms with E-state index >= 15 is 0 Å². The van der Waals surface area contributed by atoms with E-state index in [1.165, 1.54) is 6.07 Å². The van der Waals surface area contributed by atoms with Crippen LogP contribution in [0.2, 0.25) is 5.02 Å². The van der Waals surface area contributed by atoms with Gasteiger partial charge in [-0.3, -0.25) is 14.9 Å². The minimum Gasteiger partial charge on any atom is -0.436 e. The number of aromatic nitrogens is 1. The summed E-state index contributed by atoms with van der Waals surface area (Å²) >= 11 is 6.01. The minimum absolute atomic E-state index is 0.0838. The summed E-state index contributed by atoms with van der Waals surface area (Å²) in [5.41, 5.74) is 2.66. The van der Waals surface area contributed by atoms with Gasteiger partial charge in [0, 0.05) is 34.0 Å². The molecule has 8 heteroatoms. The van der Waals surface area contributed by atoms with E-state index in [9.17, 15) is 14.9 Å². The first-order valence-electron chi connectivity index (χ1n) is 8.68. The van der Waals surface area contributed by atoms with E-state index < -0.39 is 4.92 Å². The molecule has 0 aliphatic heterocycles. The zero-order valence-electron chi connectivity index (χ0n) is 15.0. The Labute approximate surface area is 170 Å². The molecule has 1 N–H and O–H groups in total. The zero-order chi connectivity index (χ0) is 20.4. The maximum atomic E-state index is 12.4. The van der Waals surface area contributed by atoms with Crippen LogP contribution in [0.15, 0.2) is 71.1 Å². The fourth-order valence-corrected chi connectivity index (χ4v) is 3.15. The maximum Gasteiger partial charge on any atom is 0.273 e. The Morgan fingerprint density at radius 1 is 1.10 bits per heavy atom. The van der Waals surface area contributed by atoms with Gasteiger partial charge in [0.15, 0.2) is 5.58 Å². The number of oxazole rings is 1. The Balaban J connectivity index is 1.54. The monoisotopic (exact) mass is 407 g/mol. The van der Waals surface area contributed by atoms with Gasteiger partial charge in [0.1, 0.15) is 5.52 Å². The summed E-state index contributed by atoms with van der Waals surface area (Å²) in [5.74, 6) is 0.0547. The van der Waals surface area contributed by atoms with Crippen LogP contribution in [0.25, 0.3) is 22.6 Å². The third-order valence-electron chi connectivity index (χ3n) is 4.28. The summed E-state index contributed by atoms with van der Waals surface area (Å²) in [7, 11) is 0. The van der Waals surface area contributed by atoms with Crippen LogP contribution >= 0.6 is 11.6 Å². The summed E-state index contributed by atoms with van der Waals surface area (Å²) in [6, 6.07) is 18.4. The average Bonchev–Trinajstić information content (AvgIpc) is 3.11. The highest BCUT2D eigenvalue weighted by Gasteiger charge is 2.16. The summed E-state index contributed by atoms with van der Waals surface area (Å²) in [6.45, 7) is 0. The molecule has 1 aromatic heterocycles. The molecule has 0 saturated carbocycles. The Kier molecular flexibility index (Phi) is 4.97. The van der Waals surface area contributed by atoms with Crippen molar-refractivity contribution in [3.05, 3.63) is 87.4 Å². The number of nitrogens with zero attached hydrogens (tertiary/aromatic N) is 2. The zero-order valence-corrected chi connectivity index (χ0v) is 15.7. The maximum absolute atomic E-state index is 12.4. The van der Waals surface area contributed by atoms with E-state index in [4.69, 9.17) is 16.0 Å². The summed E-state index contributed by atoms with van der Waals surface area (Å²) in [5, 5.41) is 14.4. The van der Waals surface area contributed by atoms with Crippen LogP contribution in [0.5, 0.6) is 0 Å². The Hall–Kier alpha value is -3.71. The number of carbonyl (C=O) groups is 1. The number of anilines is 1. The number of fused-ring (bicyclic) bond motifs is 1. The Morgan fingerprint density at radius 2 is 1.93 bits per heavy atom. The number of halogens is 1. The molecule has 0 radical (unpaired) electrons.